The number of carbonyl (C=O) groups is 2. The van der Waals surface area contributed by atoms with Crippen LogP contribution < -0.4 is 5.73 Å². The van der Waals surface area contributed by atoms with Gasteiger partial charge in [-0.3, -0.25) is 9.48 Å². The molecular formula is C17H26ClN5O2. The van der Waals surface area contributed by atoms with E-state index in [1.807, 2.05) is 6.92 Å². The summed E-state index contributed by atoms with van der Waals surface area (Å²) in [6.45, 7) is 6.90. The molecule has 1 aliphatic rings. The van der Waals surface area contributed by atoms with E-state index in [0.29, 0.717) is 31.3 Å². The van der Waals surface area contributed by atoms with Crippen LogP contribution in [0.1, 0.15) is 37.4 Å². The van der Waals surface area contributed by atoms with Gasteiger partial charge in [0, 0.05) is 44.4 Å². The number of primary amides is 1. The minimum atomic E-state index is -0.438. The first-order valence-electron chi connectivity index (χ1n) is 8.68. The van der Waals surface area contributed by atoms with Gasteiger partial charge in [-0.2, -0.15) is 5.10 Å². The van der Waals surface area contributed by atoms with Gasteiger partial charge in [-0.25, -0.2) is 4.79 Å². The summed E-state index contributed by atoms with van der Waals surface area (Å²) in [4.78, 5) is 27.0. The van der Waals surface area contributed by atoms with Crippen molar-refractivity contribution in [3.8, 4) is 0 Å². The third-order valence-electron chi connectivity index (χ3n) is 4.34. The molecule has 1 aliphatic heterocycles. The molecule has 1 aromatic rings. The highest BCUT2D eigenvalue weighted by molar-refractivity contribution is 6.31. The molecule has 1 fully saturated rings. The minimum absolute atomic E-state index is 0.0944. The highest BCUT2D eigenvalue weighted by Crippen LogP contribution is 2.22. The molecule has 2 heterocycles. The fourth-order valence-electron chi connectivity index (χ4n) is 2.83. The van der Waals surface area contributed by atoms with Crippen molar-refractivity contribution in [3.63, 3.8) is 0 Å². The lowest BCUT2D eigenvalue weighted by Gasteiger charge is -2.19. The van der Waals surface area contributed by atoms with Gasteiger partial charge in [-0.1, -0.05) is 24.9 Å². The molecule has 138 valence electrons. The number of nitrogens with zero attached hydrogens (tertiary/aromatic N) is 4. The van der Waals surface area contributed by atoms with Crippen LogP contribution in [0, 0.1) is 6.92 Å². The van der Waals surface area contributed by atoms with Crippen LogP contribution in [0.2, 0.25) is 5.15 Å². The topological polar surface area (TPSA) is 84.5 Å². The molecule has 0 bridgehead atoms. The molecular weight excluding hydrogens is 342 g/mol. The van der Waals surface area contributed by atoms with Crippen LogP contribution in [0.15, 0.2) is 6.08 Å². The van der Waals surface area contributed by atoms with E-state index >= 15 is 0 Å². The number of amides is 3. The van der Waals surface area contributed by atoms with Crippen LogP contribution >= 0.6 is 11.6 Å². The van der Waals surface area contributed by atoms with Gasteiger partial charge in [0.05, 0.1) is 5.69 Å². The Kier molecular flexibility index (Phi) is 6.87. The lowest BCUT2D eigenvalue weighted by atomic mass is 10.2. The summed E-state index contributed by atoms with van der Waals surface area (Å²) >= 11 is 6.38. The monoisotopic (exact) mass is 367 g/mol. The molecule has 1 saturated heterocycles. The van der Waals surface area contributed by atoms with Crippen LogP contribution in [0.4, 0.5) is 4.79 Å². The van der Waals surface area contributed by atoms with Gasteiger partial charge in [0.2, 0.25) is 5.91 Å². The van der Waals surface area contributed by atoms with Gasteiger partial charge in [0.1, 0.15) is 5.15 Å². The quantitative estimate of drug-likeness (QED) is 0.810. The van der Waals surface area contributed by atoms with Crippen LogP contribution in [-0.2, 0) is 11.3 Å². The Hall–Kier alpha value is -2.02. The maximum absolute atomic E-state index is 12.4. The SMILES string of the molecule is CCCCn1nc(C)c(/C=C/C(=O)N2CCCN(C(N)=O)CC2)c1Cl. The average Bonchev–Trinajstić information content (AvgIpc) is 2.76. The molecule has 0 saturated carbocycles. The van der Waals surface area contributed by atoms with Gasteiger partial charge < -0.3 is 15.5 Å². The smallest absolute Gasteiger partial charge is 0.314 e. The molecule has 0 unspecified atom stereocenters. The number of urea groups is 1. The second-order valence-electron chi connectivity index (χ2n) is 6.20. The standard InChI is InChI=1S/C17H26ClN5O2/c1-3-4-10-23-16(18)14(13(2)20-23)6-7-15(24)21-8-5-9-22(12-11-21)17(19)25/h6-7H,3-5,8-12H2,1-2H3,(H2,19,25)/b7-6+. The van der Waals surface area contributed by atoms with Gasteiger partial charge in [-0.05, 0) is 25.8 Å². The second kappa shape index (κ2) is 8.89. The number of unbranched alkanes of at least 4 members (excludes halogenated alkanes) is 1. The predicted molar refractivity (Wildman–Crippen MR) is 98.3 cm³/mol. The molecule has 1 aromatic heterocycles. The number of aryl methyl sites for hydroxylation is 2. The van der Waals surface area contributed by atoms with Gasteiger partial charge in [0.15, 0.2) is 0 Å². The predicted octanol–water partition coefficient (Wildman–Crippen LogP) is 2.27. The Bertz CT molecular complexity index is 656. The third-order valence-corrected chi connectivity index (χ3v) is 4.74. The van der Waals surface area contributed by atoms with E-state index in [2.05, 4.69) is 12.0 Å². The molecule has 3 amide bonds. The number of hydrogen-bond donors (Lipinski definition) is 1. The van der Waals surface area contributed by atoms with Gasteiger partial charge in [-0.15, -0.1) is 0 Å². The Morgan fingerprint density at radius 1 is 1.24 bits per heavy atom. The average molecular weight is 368 g/mol. The Balaban J connectivity index is 2.02. The van der Waals surface area contributed by atoms with Crippen LogP contribution in [0.5, 0.6) is 0 Å². The first kappa shape index (κ1) is 19.3. The lowest BCUT2D eigenvalue weighted by molar-refractivity contribution is -0.125. The zero-order valence-corrected chi connectivity index (χ0v) is 15.6. The zero-order valence-electron chi connectivity index (χ0n) is 14.9. The van der Waals surface area contributed by atoms with Crippen molar-refractivity contribution < 1.29 is 9.59 Å². The fraction of sp³-hybridized carbons (Fsp3) is 0.588. The summed E-state index contributed by atoms with van der Waals surface area (Å²) in [7, 11) is 0. The molecule has 0 spiro atoms. The number of carbonyl (C=O) groups excluding carboxylic acids is 2. The third kappa shape index (κ3) is 4.98. The van der Waals surface area contributed by atoms with E-state index in [1.165, 1.54) is 6.08 Å². The molecule has 2 N–H and O–H groups in total. The zero-order chi connectivity index (χ0) is 18.4. The maximum atomic E-state index is 12.4. The summed E-state index contributed by atoms with van der Waals surface area (Å²) in [5.74, 6) is -0.0944. The molecule has 0 radical (unpaired) electrons. The van der Waals surface area contributed by atoms with Crippen molar-refractivity contribution in [1.29, 1.82) is 0 Å². The number of rotatable bonds is 5. The molecule has 8 heteroatoms. The summed E-state index contributed by atoms with van der Waals surface area (Å²) in [6.07, 6.45) is 6.05. The summed E-state index contributed by atoms with van der Waals surface area (Å²) in [5.41, 5.74) is 6.89. The van der Waals surface area contributed by atoms with E-state index < -0.39 is 6.03 Å². The number of halogens is 1. The van der Waals surface area contributed by atoms with Crippen molar-refractivity contribution >= 4 is 29.6 Å². The van der Waals surface area contributed by atoms with E-state index in [0.717, 1.165) is 37.1 Å². The number of aromatic nitrogens is 2. The maximum Gasteiger partial charge on any atom is 0.314 e. The largest absolute Gasteiger partial charge is 0.351 e. The molecule has 0 aromatic carbocycles. The van der Waals surface area contributed by atoms with Crippen LogP contribution in [-0.4, -0.2) is 57.7 Å². The highest BCUT2D eigenvalue weighted by Gasteiger charge is 2.19. The van der Waals surface area contributed by atoms with E-state index in [9.17, 15) is 9.59 Å². The van der Waals surface area contributed by atoms with E-state index in [4.69, 9.17) is 17.3 Å². The molecule has 2 rings (SSSR count). The van der Waals surface area contributed by atoms with E-state index in [-0.39, 0.29) is 5.91 Å². The van der Waals surface area contributed by atoms with Crippen LogP contribution in [0.3, 0.4) is 0 Å². The first-order chi connectivity index (χ1) is 11.9. The minimum Gasteiger partial charge on any atom is -0.351 e. The van der Waals surface area contributed by atoms with Crippen LogP contribution in [0.25, 0.3) is 6.08 Å². The highest BCUT2D eigenvalue weighted by atomic mass is 35.5. The summed E-state index contributed by atoms with van der Waals surface area (Å²) in [6, 6.07) is -0.438. The normalized spacial score (nSPS) is 15.6. The number of hydrogen-bond acceptors (Lipinski definition) is 3. The Morgan fingerprint density at radius 2 is 1.92 bits per heavy atom. The molecule has 25 heavy (non-hydrogen) atoms. The van der Waals surface area contributed by atoms with Crippen molar-refractivity contribution in [2.45, 2.75) is 39.7 Å². The van der Waals surface area contributed by atoms with E-state index in [1.54, 1.807) is 20.6 Å². The first-order valence-corrected chi connectivity index (χ1v) is 9.06. The van der Waals surface area contributed by atoms with Crippen molar-refractivity contribution in [1.82, 2.24) is 19.6 Å². The van der Waals surface area contributed by atoms with Crippen molar-refractivity contribution in [2.24, 2.45) is 5.73 Å². The Labute approximate surface area is 153 Å². The molecule has 0 atom stereocenters. The van der Waals surface area contributed by atoms with Crippen molar-refractivity contribution in [2.75, 3.05) is 26.2 Å². The van der Waals surface area contributed by atoms with Crippen molar-refractivity contribution in [3.05, 3.63) is 22.5 Å². The fourth-order valence-corrected chi connectivity index (χ4v) is 3.15. The second-order valence-corrected chi connectivity index (χ2v) is 6.56. The van der Waals surface area contributed by atoms with Gasteiger partial charge in [0.25, 0.3) is 0 Å². The Morgan fingerprint density at radius 3 is 2.60 bits per heavy atom. The summed E-state index contributed by atoms with van der Waals surface area (Å²) in [5, 5.41) is 4.99. The summed E-state index contributed by atoms with van der Waals surface area (Å²) < 4.78 is 1.78. The molecule has 7 nitrogen and oxygen atoms in total. The molecule has 0 aliphatic carbocycles. The van der Waals surface area contributed by atoms with Gasteiger partial charge >= 0.3 is 6.03 Å². The lowest BCUT2D eigenvalue weighted by Crippen LogP contribution is -2.39. The number of nitrogens with two attached hydrogens (primary N) is 1.